The summed E-state index contributed by atoms with van der Waals surface area (Å²) in [4.78, 5) is 39.8. The van der Waals surface area contributed by atoms with Gasteiger partial charge in [0.1, 0.15) is 5.82 Å². The van der Waals surface area contributed by atoms with Crippen LogP contribution in [0.5, 0.6) is 0 Å². The summed E-state index contributed by atoms with van der Waals surface area (Å²) in [5.41, 5.74) is -0.518. The number of carbonyl (C=O) groups is 3. The Morgan fingerprint density at radius 1 is 1.11 bits per heavy atom. The number of carboxylic acids is 1. The molecule has 1 saturated heterocycles. The van der Waals surface area contributed by atoms with Gasteiger partial charge in [-0.25, -0.2) is 4.39 Å². The zero-order chi connectivity index (χ0) is 27.9. The van der Waals surface area contributed by atoms with Gasteiger partial charge in [-0.05, 0) is 48.9 Å². The Hall–Kier alpha value is -3.44. The summed E-state index contributed by atoms with van der Waals surface area (Å²) in [5, 5.41) is 11.8. The average molecular weight is 556 g/mol. The predicted molar refractivity (Wildman–Crippen MR) is 133 cm³/mol. The zero-order valence-corrected chi connectivity index (χ0v) is 20.9. The molecule has 2 N–H and O–H groups in total. The molecule has 38 heavy (non-hydrogen) atoms. The molecule has 2 amide bonds. The Morgan fingerprint density at radius 2 is 1.82 bits per heavy atom. The van der Waals surface area contributed by atoms with Crippen LogP contribution in [0.25, 0.3) is 6.08 Å². The number of nitrogens with one attached hydrogen (secondary N) is 1. The minimum absolute atomic E-state index is 0.0423. The number of halogens is 5. The summed E-state index contributed by atoms with van der Waals surface area (Å²) < 4.78 is 52.0. The van der Waals surface area contributed by atoms with E-state index in [0.29, 0.717) is 49.8 Å². The number of hydrogen-bond acceptors (Lipinski definition) is 4. The third kappa shape index (κ3) is 8.29. The van der Waals surface area contributed by atoms with E-state index in [1.807, 2.05) is 0 Å². The van der Waals surface area contributed by atoms with Crippen LogP contribution in [0.2, 0.25) is 5.02 Å². The average Bonchev–Trinajstić information content (AvgIpc) is 2.86. The van der Waals surface area contributed by atoms with Crippen molar-refractivity contribution in [1.29, 1.82) is 0 Å². The number of alkyl halides is 3. The Labute approximate surface area is 221 Å². The third-order valence-electron chi connectivity index (χ3n) is 6.06. The highest BCUT2D eigenvalue weighted by atomic mass is 35.5. The van der Waals surface area contributed by atoms with Gasteiger partial charge in [-0.2, -0.15) is 13.2 Å². The van der Waals surface area contributed by atoms with Crippen LogP contribution in [0.15, 0.2) is 48.5 Å². The van der Waals surface area contributed by atoms with E-state index >= 15 is 0 Å². The minimum Gasteiger partial charge on any atom is -0.481 e. The van der Waals surface area contributed by atoms with E-state index in [2.05, 4.69) is 10.2 Å². The first kappa shape index (κ1) is 29.1. The van der Waals surface area contributed by atoms with Crippen LogP contribution in [0, 0.1) is 5.82 Å². The molecule has 0 spiro atoms. The molecular formula is C26H26ClF4N3O4. The van der Waals surface area contributed by atoms with E-state index in [4.69, 9.17) is 16.7 Å². The van der Waals surface area contributed by atoms with E-state index < -0.39 is 29.4 Å². The lowest BCUT2D eigenvalue weighted by atomic mass is 10.0. The lowest BCUT2D eigenvalue weighted by Crippen LogP contribution is -2.52. The van der Waals surface area contributed by atoms with Gasteiger partial charge in [0.15, 0.2) is 0 Å². The highest BCUT2D eigenvalue weighted by Crippen LogP contribution is 2.30. The zero-order valence-electron chi connectivity index (χ0n) is 20.2. The van der Waals surface area contributed by atoms with Crippen LogP contribution in [0.1, 0.15) is 35.6 Å². The number of aliphatic carboxylic acids is 1. The van der Waals surface area contributed by atoms with Crippen molar-refractivity contribution in [1.82, 2.24) is 15.1 Å². The van der Waals surface area contributed by atoms with E-state index in [0.717, 1.165) is 23.8 Å². The molecule has 0 bridgehead atoms. The fourth-order valence-electron chi connectivity index (χ4n) is 4.09. The van der Waals surface area contributed by atoms with Crippen molar-refractivity contribution in [3.8, 4) is 0 Å². The SMILES string of the molecule is O=C(O)CCCN1CCN(C(=O)CNC(=O)/C=C/c2ccc(C(F)(F)F)cc2F)C(c2ccc(Cl)cc2)C1. The first-order valence-electron chi connectivity index (χ1n) is 11.8. The molecule has 1 fully saturated rings. The number of hydrogen-bond donors (Lipinski definition) is 2. The molecule has 2 aromatic rings. The van der Waals surface area contributed by atoms with Crippen LogP contribution >= 0.6 is 11.6 Å². The van der Waals surface area contributed by atoms with Crippen molar-refractivity contribution in [3.63, 3.8) is 0 Å². The predicted octanol–water partition coefficient (Wildman–Crippen LogP) is 4.38. The first-order chi connectivity index (χ1) is 17.9. The van der Waals surface area contributed by atoms with Gasteiger partial charge < -0.3 is 15.3 Å². The monoisotopic (exact) mass is 555 g/mol. The van der Waals surface area contributed by atoms with Gasteiger partial charge in [0.2, 0.25) is 11.8 Å². The smallest absolute Gasteiger partial charge is 0.416 e. The number of benzene rings is 2. The maximum Gasteiger partial charge on any atom is 0.416 e. The van der Waals surface area contributed by atoms with Gasteiger partial charge in [-0.1, -0.05) is 29.8 Å². The summed E-state index contributed by atoms with van der Waals surface area (Å²) in [5.74, 6) is -3.09. The Kier molecular flexibility index (Phi) is 9.87. The van der Waals surface area contributed by atoms with E-state index in [-0.39, 0.29) is 30.5 Å². The normalized spacial score (nSPS) is 16.6. The van der Waals surface area contributed by atoms with Crippen molar-refractivity contribution in [3.05, 3.63) is 76.1 Å². The summed E-state index contributed by atoms with van der Waals surface area (Å²) >= 11 is 6.00. The van der Waals surface area contributed by atoms with Crippen LogP contribution in [-0.2, 0) is 20.6 Å². The van der Waals surface area contributed by atoms with Crippen LogP contribution in [0.3, 0.4) is 0 Å². The molecule has 3 rings (SSSR count). The molecule has 1 aliphatic heterocycles. The second kappa shape index (κ2) is 12.9. The molecular weight excluding hydrogens is 530 g/mol. The van der Waals surface area contributed by atoms with Crippen molar-refractivity contribution < 1.29 is 37.1 Å². The largest absolute Gasteiger partial charge is 0.481 e. The molecule has 0 aliphatic carbocycles. The minimum atomic E-state index is -4.69. The summed E-state index contributed by atoms with van der Waals surface area (Å²) in [6.07, 6.45) is -2.20. The number of piperazine rings is 1. The van der Waals surface area contributed by atoms with E-state index in [1.165, 1.54) is 0 Å². The molecule has 0 radical (unpaired) electrons. The highest BCUT2D eigenvalue weighted by Gasteiger charge is 2.32. The lowest BCUT2D eigenvalue weighted by molar-refractivity contribution is -0.138. The van der Waals surface area contributed by atoms with Gasteiger partial charge in [0, 0.05) is 42.7 Å². The van der Waals surface area contributed by atoms with Crippen LogP contribution < -0.4 is 5.32 Å². The van der Waals surface area contributed by atoms with E-state index in [1.54, 1.807) is 29.2 Å². The molecule has 1 heterocycles. The number of rotatable bonds is 9. The molecule has 12 heteroatoms. The Morgan fingerprint density at radius 3 is 2.45 bits per heavy atom. The third-order valence-corrected chi connectivity index (χ3v) is 6.31. The van der Waals surface area contributed by atoms with Crippen LogP contribution in [0.4, 0.5) is 17.6 Å². The number of nitrogens with zero attached hydrogens (tertiary/aromatic N) is 2. The summed E-state index contributed by atoms with van der Waals surface area (Å²) in [6, 6.07) is 8.63. The van der Waals surface area contributed by atoms with E-state index in [9.17, 15) is 31.9 Å². The molecule has 1 aliphatic rings. The maximum atomic E-state index is 14.0. The number of carboxylic acid groups (broad SMARTS) is 1. The van der Waals surface area contributed by atoms with Crippen molar-refractivity contribution >= 4 is 35.5 Å². The molecule has 0 aromatic heterocycles. The molecule has 1 atom stereocenters. The van der Waals surface area contributed by atoms with Gasteiger partial charge in [-0.15, -0.1) is 0 Å². The summed E-state index contributed by atoms with van der Waals surface area (Å²) in [7, 11) is 0. The lowest BCUT2D eigenvalue weighted by Gasteiger charge is -2.42. The molecule has 0 saturated carbocycles. The Balaban J connectivity index is 1.62. The fraction of sp³-hybridized carbons (Fsp3) is 0.346. The van der Waals surface area contributed by atoms with Crippen molar-refractivity contribution in [2.45, 2.75) is 25.1 Å². The maximum absolute atomic E-state index is 14.0. The molecule has 2 aromatic carbocycles. The second-order valence-electron chi connectivity index (χ2n) is 8.74. The quantitative estimate of drug-likeness (QED) is 0.354. The highest BCUT2D eigenvalue weighted by molar-refractivity contribution is 6.30. The number of amides is 2. The van der Waals surface area contributed by atoms with Crippen LogP contribution in [-0.4, -0.2) is 65.4 Å². The summed E-state index contributed by atoms with van der Waals surface area (Å²) in [6.45, 7) is 1.55. The molecule has 7 nitrogen and oxygen atoms in total. The molecule has 1 unspecified atom stereocenters. The van der Waals surface area contributed by atoms with Gasteiger partial charge in [-0.3, -0.25) is 19.3 Å². The van der Waals surface area contributed by atoms with Crippen molar-refractivity contribution in [2.75, 3.05) is 32.7 Å². The Bertz CT molecular complexity index is 1190. The standard InChI is InChI=1S/C26H26ClF4N3O4/c27-20-8-4-18(5-9-20)22-16-33(11-1-2-25(37)38)12-13-34(22)24(36)15-32-23(35)10-6-17-3-7-19(14-21(17)28)26(29,30)31/h3-10,14,22H,1-2,11-13,15-16H2,(H,32,35)(H,37,38)/b10-6+. The topological polar surface area (TPSA) is 89.9 Å². The van der Waals surface area contributed by atoms with Gasteiger partial charge in [0.25, 0.3) is 0 Å². The number of carbonyl (C=O) groups excluding carboxylic acids is 2. The van der Waals surface area contributed by atoms with Gasteiger partial charge >= 0.3 is 12.1 Å². The van der Waals surface area contributed by atoms with Gasteiger partial charge in [0.05, 0.1) is 18.2 Å². The second-order valence-corrected chi connectivity index (χ2v) is 9.17. The fourth-order valence-corrected chi connectivity index (χ4v) is 4.22. The first-order valence-corrected chi connectivity index (χ1v) is 12.1. The van der Waals surface area contributed by atoms with Crippen molar-refractivity contribution in [2.24, 2.45) is 0 Å². The molecule has 204 valence electrons.